The van der Waals surface area contributed by atoms with E-state index in [2.05, 4.69) is 36.5 Å². The molecule has 2 unspecified atom stereocenters. The summed E-state index contributed by atoms with van der Waals surface area (Å²) < 4.78 is 0. The summed E-state index contributed by atoms with van der Waals surface area (Å²) in [6.45, 7) is 1.86. The van der Waals surface area contributed by atoms with E-state index in [-0.39, 0.29) is 6.42 Å². The van der Waals surface area contributed by atoms with Gasteiger partial charge in [0.05, 0.1) is 12.2 Å². The van der Waals surface area contributed by atoms with E-state index in [1.54, 1.807) is 0 Å². The molecule has 0 aliphatic heterocycles. The Morgan fingerprint density at radius 3 is 1.85 bits per heavy atom. The average molecular weight is 365 g/mol. The Hall–Kier alpha value is -1.65. The van der Waals surface area contributed by atoms with Crippen molar-refractivity contribution in [3.63, 3.8) is 0 Å². The van der Waals surface area contributed by atoms with Crippen molar-refractivity contribution in [1.29, 1.82) is 0 Å². The molecule has 0 aromatic heterocycles. The van der Waals surface area contributed by atoms with Crippen molar-refractivity contribution in [1.82, 2.24) is 0 Å². The Balaban J connectivity index is 3.53. The second-order valence-corrected chi connectivity index (χ2v) is 6.36. The minimum absolute atomic E-state index is 0.277. The summed E-state index contributed by atoms with van der Waals surface area (Å²) in [6, 6.07) is 0. The van der Waals surface area contributed by atoms with Crippen LogP contribution in [0, 0.1) is 0 Å². The Labute approximate surface area is 158 Å². The van der Waals surface area contributed by atoms with E-state index in [0.29, 0.717) is 12.8 Å². The van der Waals surface area contributed by atoms with E-state index >= 15 is 0 Å². The lowest BCUT2D eigenvalue weighted by atomic mass is 10.1. The molecule has 0 aromatic rings. The number of aliphatic hydroxyl groups is 2. The summed E-state index contributed by atoms with van der Waals surface area (Å²) in [5.41, 5.74) is 0. The summed E-state index contributed by atoms with van der Waals surface area (Å²) in [5.74, 6) is -0.707. The molecule has 148 valence electrons. The highest BCUT2D eigenvalue weighted by Gasteiger charge is 2.11. The molecule has 0 bridgehead atoms. The molecular weight excluding hydrogens is 328 g/mol. The normalized spacial score (nSPS) is 14.9. The van der Waals surface area contributed by atoms with Gasteiger partial charge < -0.3 is 15.3 Å². The third-order valence-electron chi connectivity index (χ3n) is 3.98. The summed E-state index contributed by atoms with van der Waals surface area (Å²) in [4.78, 5) is 10.4. The highest BCUT2D eigenvalue weighted by molar-refractivity contribution is 5.66. The molecule has 4 nitrogen and oxygen atoms in total. The summed E-state index contributed by atoms with van der Waals surface area (Å²) in [6.07, 6.45) is 23.3. The first-order valence-corrected chi connectivity index (χ1v) is 9.75. The lowest BCUT2D eigenvalue weighted by molar-refractivity contribution is -0.137. The lowest BCUT2D eigenvalue weighted by Crippen LogP contribution is -2.23. The molecule has 0 radical (unpaired) electrons. The minimum atomic E-state index is -0.707. The van der Waals surface area contributed by atoms with Crippen LogP contribution in [0.3, 0.4) is 0 Å². The predicted octanol–water partition coefficient (Wildman–Crippen LogP) is 4.94. The molecular formula is C22H36O4. The van der Waals surface area contributed by atoms with E-state index in [1.807, 2.05) is 19.1 Å². The molecule has 0 fully saturated rings. The van der Waals surface area contributed by atoms with Crippen molar-refractivity contribution in [2.75, 3.05) is 0 Å². The number of carboxylic acid groups (broad SMARTS) is 1. The average Bonchev–Trinajstić information content (AvgIpc) is 2.63. The molecule has 0 amide bonds. The summed E-state index contributed by atoms with van der Waals surface area (Å²) >= 11 is 0. The number of hydrogen-bond donors (Lipinski definition) is 3. The lowest BCUT2D eigenvalue weighted by Gasteiger charge is -2.13. The van der Waals surface area contributed by atoms with E-state index in [1.165, 1.54) is 0 Å². The van der Waals surface area contributed by atoms with Gasteiger partial charge in [0.2, 0.25) is 0 Å². The maximum atomic E-state index is 10.4. The van der Waals surface area contributed by atoms with Crippen LogP contribution in [-0.2, 0) is 4.79 Å². The van der Waals surface area contributed by atoms with Gasteiger partial charge in [-0.3, -0.25) is 4.79 Å². The van der Waals surface area contributed by atoms with Gasteiger partial charge in [0, 0.05) is 6.42 Å². The first kappa shape index (κ1) is 24.4. The van der Waals surface area contributed by atoms with E-state index < -0.39 is 18.2 Å². The SMILES string of the molecule is CCC(O)C(O)CC=CCC=CCC=CCC=CCCCCCC(=O)O. The zero-order valence-electron chi connectivity index (χ0n) is 16.1. The van der Waals surface area contributed by atoms with Crippen molar-refractivity contribution in [3.8, 4) is 0 Å². The number of rotatable bonds is 16. The molecule has 26 heavy (non-hydrogen) atoms. The van der Waals surface area contributed by atoms with Gasteiger partial charge in [0.25, 0.3) is 0 Å². The van der Waals surface area contributed by atoms with Crippen molar-refractivity contribution >= 4 is 5.97 Å². The molecule has 0 aromatic carbocycles. The van der Waals surface area contributed by atoms with Gasteiger partial charge in [0.15, 0.2) is 0 Å². The van der Waals surface area contributed by atoms with Gasteiger partial charge in [-0.05, 0) is 51.4 Å². The number of hydrogen-bond acceptors (Lipinski definition) is 3. The number of aliphatic carboxylic acids is 1. The standard InChI is InChI=1S/C22H36O4/c1-2-20(23)21(24)18-16-14-12-10-8-6-4-3-5-7-9-11-13-15-17-19-22(25)26/h3-4,7-10,14,16,20-21,23-24H,2,5-6,11-13,15,17-19H2,1H3,(H,25,26). The van der Waals surface area contributed by atoms with Gasteiger partial charge in [-0.15, -0.1) is 0 Å². The predicted molar refractivity (Wildman–Crippen MR) is 108 cm³/mol. The Morgan fingerprint density at radius 1 is 0.769 bits per heavy atom. The number of unbranched alkanes of at least 4 members (excludes halogenated alkanes) is 3. The largest absolute Gasteiger partial charge is 0.481 e. The Kier molecular flexibility index (Phi) is 17.0. The van der Waals surface area contributed by atoms with Crippen LogP contribution in [0.4, 0.5) is 0 Å². The highest BCUT2D eigenvalue weighted by Crippen LogP contribution is 2.05. The number of allylic oxidation sites excluding steroid dienone is 7. The minimum Gasteiger partial charge on any atom is -0.481 e. The summed E-state index contributed by atoms with van der Waals surface area (Å²) in [5, 5.41) is 27.6. The van der Waals surface area contributed by atoms with E-state index in [9.17, 15) is 15.0 Å². The molecule has 3 N–H and O–H groups in total. The highest BCUT2D eigenvalue weighted by atomic mass is 16.4. The zero-order valence-corrected chi connectivity index (χ0v) is 16.1. The first-order chi connectivity index (χ1) is 12.6. The third kappa shape index (κ3) is 17.2. The van der Waals surface area contributed by atoms with Gasteiger partial charge in [0.1, 0.15) is 0 Å². The fraction of sp³-hybridized carbons (Fsp3) is 0.591. The molecule has 0 saturated carbocycles. The van der Waals surface area contributed by atoms with E-state index in [4.69, 9.17) is 5.11 Å². The fourth-order valence-corrected chi connectivity index (χ4v) is 2.31. The van der Waals surface area contributed by atoms with Crippen molar-refractivity contribution < 1.29 is 20.1 Å². The molecule has 4 heteroatoms. The number of carbonyl (C=O) groups is 1. The molecule has 0 heterocycles. The zero-order chi connectivity index (χ0) is 19.5. The van der Waals surface area contributed by atoms with Crippen LogP contribution in [0.2, 0.25) is 0 Å². The molecule has 0 spiro atoms. The Bertz CT molecular complexity index is 449. The van der Waals surface area contributed by atoms with Crippen LogP contribution in [0.5, 0.6) is 0 Å². The van der Waals surface area contributed by atoms with Gasteiger partial charge >= 0.3 is 5.97 Å². The van der Waals surface area contributed by atoms with Crippen LogP contribution in [0.15, 0.2) is 48.6 Å². The summed E-state index contributed by atoms with van der Waals surface area (Å²) in [7, 11) is 0. The number of aliphatic hydroxyl groups excluding tert-OH is 2. The maximum Gasteiger partial charge on any atom is 0.303 e. The molecule has 0 aliphatic carbocycles. The molecule has 2 atom stereocenters. The maximum absolute atomic E-state index is 10.4. The van der Waals surface area contributed by atoms with Gasteiger partial charge in [-0.25, -0.2) is 0 Å². The molecule has 0 saturated heterocycles. The van der Waals surface area contributed by atoms with Crippen LogP contribution in [0.1, 0.15) is 71.1 Å². The van der Waals surface area contributed by atoms with Crippen LogP contribution in [0.25, 0.3) is 0 Å². The monoisotopic (exact) mass is 364 g/mol. The topological polar surface area (TPSA) is 77.8 Å². The Morgan fingerprint density at radius 2 is 1.31 bits per heavy atom. The first-order valence-electron chi connectivity index (χ1n) is 9.75. The van der Waals surface area contributed by atoms with Gasteiger partial charge in [-0.2, -0.15) is 0 Å². The van der Waals surface area contributed by atoms with Crippen molar-refractivity contribution in [2.45, 2.75) is 83.3 Å². The second kappa shape index (κ2) is 18.2. The van der Waals surface area contributed by atoms with Crippen molar-refractivity contribution in [3.05, 3.63) is 48.6 Å². The number of carboxylic acids is 1. The van der Waals surface area contributed by atoms with Crippen LogP contribution < -0.4 is 0 Å². The van der Waals surface area contributed by atoms with Crippen LogP contribution in [-0.4, -0.2) is 33.5 Å². The molecule has 0 aliphatic rings. The second-order valence-electron chi connectivity index (χ2n) is 6.36. The van der Waals surface area contributed by atoms with Crippen molar-refractivity contribution in [2.24, 2.45) is 0 Å². The van der Waals surface area contributed by atoms with Crippen LogP contribution >= 0.6 is 0 Å². The van der Waals surface area contributed by atoms with Gasteiger partial charge in [-0.1, -0.05) is 62.0 Å². The quantitative estimate of drug-likeness (QED) is 0.268. The molecule has 0 rings (SSSR count). The van der Waals surface area contributed by atoms with E-state index in [0.717, 1.165) is 44.9 Å². The smallest absolute Gasteiger partial charge is 0.303 e. The fourth-order valence-electron chi connectivity index (χ4n) is 2.31. The third-order valence-corrected chi connectivity index (χ3v) is 3.98.